The zero-order valence-corrected chi connectivity index (χ0v) is 16.5. The van der Waals surface area contributed by atoms with Gasteiger partial charge in [0.05, 0.1) is 27.2 Å². The fraction of sp³-hybridized carbons (Fsp3) is 0.0435. The molecule has 136 valence electrons. The molecule has 0 radical (unpaired) electrons. The van der Waals surface area contributed by atoms with Crippen LogP contribution in [0.4, 0.5) is 0 Å². The van der Waals surface area contributed by atoms with Crippen molar-refractivity contribution in [2.24, 2.45) is 0 Å². The van der Waals surface area contributed by atoms with Crippen molar-refractivity contribution in [1.82, 2.24) is 9.97 Å². The van der Waals surface area contributed by atoms with Gasteiger partial charge < -0.3 is 4.98 Å². The SMILES string of the molecule is O=C(CSc1nc2ccccc2s1)c1c(-c2ccccc2)[nH]c2ccccc12. The van der Waals surface area contributed by atoms with Gasteiger partial charge in [-0.05, 0) is 23.8 Å². The first-order valence-electron chi connectivity index (χ1n) is 8.97. The Morgan fingerprint density at radius 1 is 0.929 bits per heavy atom. The van der Waals surface area contributed by atoms with Crippen LogP contribution in [0.1, 0.15) is 10.4 Å². The zero-order chi connectivity index (χ0) is 18.9. The first kappa shape index (κ1) is 17.2. The first-order chi connectivity index (χ1) is 13.8. The summed E-state index contributed by atoms with van der Waals surface area (Å²) in [5.74, 6) is 0.474. The monoisotopic (exact) mass is 400 g/mol. The summed E-state index contributed by atoms with van der Waals surface area (Å²) in [6.45, 7) is 0. The van der Waals surface area contributed by atoms with Crippen LogP contribution >= 0.6 is 23.1 Å². The van der Waals surface area contributed by atoms with Crippen molar-refractivity contribution >= 4 is 50.0 Å². The van der Waals surface area contributed by atoms with Crippen molar-refractivity contribution in [3.63, 3.8) is 0 Å². The number of fused-ring (bicyclic) bond motifs is 2. The number of carbonyl (C=O) groups excluding carboxylic acids is 1. The molecule has 0 amide bonds. The first-order valence-corrected chi connectivity index (χ1v) is 10.8. The van der Waals surface area contributed by atoms with Gasteiger partial charge in [-0.3, -0.25) is 4.79 Å². The summed E-state index contributed by atoms with van der Waals surface area (Å²) in [4.78, 5) is 21.3. The van der Waals surface area contributed by atoms with Gasteiger partial charge in [-0.2, -0.15) is 0 Å². The van der Waals surface area contributed by atoms with E-state index in [0.717, 1.165) is 42.3 Å². The van der Waals surface area contributed by atoms with Gasteiger partial charge in [-0.25, -0.2) is 4.98 Å². The van der Waals surface area contributed by atoms with E-state index in [4.69, 9.17) is 0 Å². The van der Waals surface area contributed by atoms with Crippen molar-refractivity contribution in [1.29, 1.82) is 0 Å². The van der Waals surface area contributed by atoms with Crippen LogP contribution in [0.2, 0.25) is 0 Å². The standard InChI is InChI=1S/C23H16N2OS2/c26-19(14-27-23-25-18-12-6-7-13-20(18)28-23)21-16-10-4-5-11-17(16)24-22(21)15-8-2-1-3-9-15/h1-13,24H,14H2. The summed E-state index contributed by atoms with van der Waals surface area (Å²) in [5.41, 5.74) is 4.63. The Labute approximate surface area is 170 Å². The van der Waals surface area contributed by atoms with Gasteiger partial charge in [0.15, 0.2) is 10.1 Å². The molecule has 0 fully saturated rings. The highest BCUT2D eigenvalue weighted by Crippen LogP contribution is 2.34. The highest BCUT2D eigenvalue weighted by molar-refractivity contribution is 8.01. The number of nitrogens with zero attached hydrogens (tertiary/aromatic N) is 1. The predicted octanol–water partition coefficient (Wildman–Crippen LogP) is 6.42. The highest BCUT2D eigenvalue weighted by Gasteiger charge is 2.20. The van der Waals surface area contributed by atoms with E-state index in [1.54, 1.807) is 11.3 Å². The molecule has 28 heavy (non-hydrogen) atoms. The fourth-order valence-electron chi connectivity index (χ4n) is 3.37. The van der Waals surface area contributed by atoms with Gasteiger partial charge in [-0.1, -0.05) is 72.4 Å². The molecule has 0 saturated heterocycles. The molecule has 0 aliphatic carbocycles. The van der Waals surface area contributed by atoms with Crippen molar-refractivity contribution in [3.05, 3.63) is 84.4 Å². The molecule has 0 unspecified atom stereocenters. The number of hydrogen-bond acceptors (Lipinski definition) is 4. The van der Waals surface area contributed by atoms with Crippen LogP contribution in [-0.4, -0.2) is 21.5 Å². The molecule has 5 heteroatoms. The van der Waals surface area contributed by atoms with Gasteiger partial charge in [0.25, 0.3) is 0 Å². The normalized spacial score (nSPS) is 11.3. The molecule has 3 aromatic carbocycles. The highest BCUT2D eigenvalue weighted by atomic mass is 32.2. The van der Waals surface area contributed by atoms with Gasteiger partial charge in [0.1, 0.15) is 0 Å². The number of carbonyl (C=O) groups is 1. The van der Waals surface area contributed by atoms with Crippen molar-refractivity contribution in [3.8, 4) is 11.3 Å². The second kappa shape index (κ2) is 7.26. The van der Waals surface area contributed by atoms with E-state index in [1.165, 1.54) is 11.8 Å². The van der Waals surface area contributed by atoms with E-state index in [-0.39, 0.29) is 5.78 Å². The molecule has 5 aromatic rings. The molecule has 0 spiro atoms. The van der Waals surface area contributed by atoms with Crippen molar-refractivity contribution < 1.29 is 4.79 Å². The summed E-state index contributed by atoms with van der Waals surface area (Å²) >= 11 is 3.14. The number of rotatable bonds is 5. The number of para-hydroxylation sites is 2. The zero-order valence-electron chi connectivity index (χ0n) is 14.9. The fourth-order valence-corrected chi connectivity index (χ4v) is 5.31. The lowest BCUT2D eigenvalue weighted by Gasteiger charge is -2.04. The molecule has 0 aliphatic rings. The van der Waals surface area contributed by atoms with Crippen LogP contribution in [0.15, 0.2) is 83.2 Å². The van der Waals surface area contributed by atoms with Gasteiger partial charge in [0, 0.05) is 10.9 Å². The maximum absolute atomic E-state index is 13.2. The Bertz CT molecular complexity index is 1250. The molecule has 2 aromatic heterocycles. The Kier molecular flexibility index (Phi) is 4.47. The van der Waals surface area contributed by atoms with Gasteiger partial charge >= 0.3 is 0 Å². The largest absolute Gasteiger partial charge is 0.354 e. The summed E-state index contributed by atoms with van der Waals surface area (Å²) in [5, 5.41) is 0.969. The summed E-state index contributed by atoms with van der Waals surface area (Å²) in [6.07, 6.45) is 0. The lowest BCUT2D eigenvalue weighted by atomic mass is 10.0. The Morgan fingerprint density at radius 3 is 2.54 bits per heavy atom. The average Bonchev–Trinajstić information content (AvgIpc) is 3.34. The minimum absolute atomic E-state index is 0.112. The molecule has 2 heterocycles. The Morgan fingerprint density at radius 2 is 1.68 bits per heavy atom. The number of nitrogens with one attached hydrogen (secondary N) is 1. The molecular weight excluding hydrogens is 384 g/mol. The molecule has 3 nitrogen and oxygen atoms in total. The van der Waals surface area contributed by atoms with E-state index in [0.29, 0.717) is 5.75 Å². The second-order valence-electron chi connectivity index (χ2n) is 6.45. The van der Waals surface area contributed by atoms with Crippen LogP contribution in [-0.2, 0) is 0 Å². The number of thioether (sulfide) groups is 1. The van der Waals surface area contributed by atoms with Crippen molar-refractivity contribution in [2.75, 3.05) is 5.75 Å². The number of ketones is 1. The van der Waals surface area contributed by atoms with E-state index in [9.17, 15) is 4.79 Å². The smallest absolute Gasteiger partial charge is 0.175 e. The lowest BCUT2D eigenvalue weighted by molar-refractivity contribution is 0.102. The number of thiazole rings is 1. The van der Waals surface area contributed by atoms with E-state index >= 15 is 0 Å². The molecule has 0 atom stereocenters. The topological polar surface area (TPSA) is 45.8 Å². The Balaban J connectivity index is 1.50. The number of H-pyrrole nitrogens is 1. The van der Waals surface area contributed by atoms with Crippen LogP contribution in [0.25, 0.3) is 32.4 Å². The summed E-state index contributed by atoms with van der Waals surface area (Å²) in [7, 11) is 0. The number of benzene rings is 3. The van der Waals surface area contributed by atoms with Crippen LogP contribution in [0.5, 0.6) is 0 Å². The number of aromatic amines is 1. The molecule has 0 saturated carbocycles. The van der Waals surface area contributed by atoms with E-state index < -0.39 is 0 Å². The maximum atomic E-state index is 13.2. The van der Waals surface area contributed by atoms with Crippen LogP contribution in [0, 0.1) is 0 Å². The van der Waals surface area contributed by atoms with Crippen LogP contribution < -0.4 is 0 Å². The lowest BCUT2D eigenvalue weighted by Crippen LogP contribution is -2.03. The van der Waals surface area contributed by atoms with Crippen LogP contribution in [0.3, 0.4) is 0 Å². The summed E-state index contributed by atoms with van der Waals surface area (Å²) in [6, 6.07) is 26.1. The molecule has 1 N–H and O–H groups in total. The molecular formula is C23H16N2OS2. The second-order valence-corrected chi connectivity index (χ2v) is 8.70. The Hall–Kier alpha value is -2.89. The summed E-state index contributed by atoms with van der Waals surface area (Å²) < 4.78 is 2.07. The minimum Gasteiger partial charge on any atom is -0.354 e. The molecule has 0 bridgehead atoms. The maximum Gasteiger partial charge on any atom is 0.175 e. The number of hydrogen-bond donors (Lipinski definition) is 1. The third-order valence-corrected chi connectivity index (χ3v) is 6.83. The van der Waals surface area contributed by atoms with E-state index in [1.807, 2.05) is 72.8 Å². The predicted molar refractivity (Wildman–Crippen MR) is 118 cm³/mol. The quantitative estimate of drug-likeness (QED) is 0.273. The van der Waals surface area contributed by atoms with Gasteiger partial charge in [-0.15, -0.1) is 11.3 Å². The van der Waals surface area contributed by atoms with Gasteiger partial charge in [0.2, 0.25) is 0 Å². The minimum atomic E-state index is 0.112. The average molecular weight is 401 g/mol. The molecule has 0 aliphatic heterocycles. The third-order valence-electron chi connectivity index (χ3n) is 4.65. The number of aromatic nitrogens is 2. The van der Waals surface area contributed by atoms with Crippen molar-refractivity contribution in [2.45, 2.75) is 4.34 Å². The molecule has 5 rings (SSSR count). The van der Waals surface area contributed by atoms with E-state index in [2.05, 4.69) is 16.0 Å². The third kappa shape index (κ3) is 3.13. The number of Topliss-reactive ketones (excluding diaryl/α,β-unsaturated/α-hetero) is 1.